The fourth-order valence-electron chi connectivity index (χ4n) is 5.58. The first-order valence-electron chi connectivity index (χ1n) is 14.7. The summed E-state index contributed by atoms with van der Waals surface area (Å²) in [5, 5.41) is 7.49. The number of benzene rings is 2. The molecule has 0 saturated carbocycles. The van der Waals surface area contributed by atoms with Crippen LogP contribution in [0.15, 0.2) is 95.6 Å². The molecule has 2 aromatic carbocycles. The molecule has 1 saturated heterocycles. The number of piperidine rings is 1. The van der Waals surface area contributed by atoms with E-state index in [1.54, 1.807) is 34.7 Å². The van der Waals surface area contributed by atoms with Gasteiger partial charge in [0.15, 0.2) is 5.75 Å². The van der Waals surface area contributed by atoms with Gasteiger partial charge in [0, 0.05) is 36.2 Å². The first-order chi connectivity index (χ1) is 21.6. The number of para-hydroxylation sites is 1. The summed E-state index contributed by atoms with van der Waals surface area (Å²) in [6.45, 7) is 4.26. The second-order valence-corrected chi connectivity index (χ2v) is 11.7. The number of pyridine rings is 2. The number of ether oxygens (including phenoxy) is 1. The molecule has 0 radical (unpaired) electrons. The van der Waals surface area contributed by atoms with Crippen LogP contribution in [0.2, 0.25) is 0 Å². The number of aryl methyl sites for hydroxylation is 1. The summed E-state index contributed by atoms with van der Waals surface area (Å²) < 4.78 is 7.79. The highest BCUT2D eigenvalue weighted by Gasteiger charge is 2.19. The van der Waals surface area contributed by atoms with Crippen molar-refractivity contribution in [2.24, 2.45) is 0 Å². The number of hydrogen-bond acceptors (Lipinski definition) is 9. The van der Waals surface area contributed by atoms with Crippen LogP contribution >= 0.6 is 11.3 Å². The fourth-order valence-corrected chi connectivity index (χ4v) is 6.39. The first-order valence-corrected chi connectivity index (χ1v) is 15.5. The third-order valence-electron chi connectivity index (χ3n) is 7.93. The van der Waals surface area contributed by atoms with E-state index in [0.717, 1.165) is 40.5 Å². The van der Waals surface area contributed by atoms with Crippen molar-refractivity contribution in [3.8, 4) is 21.9 Å². The summed E-state index contributed by atoms with van der Waals surface area (Å²) in [5.41, 5.74) is 6.87. The molecule has 6 aromatic rings. The van der Waals surface area contributed by atoms with Gasteiger partial charge in [0.1, 0.15) is 11.4 Å². The standard InChI is InChI=1S/C34H31N7O2S/c1-22-5-2-3-7-29(22)43-30-17-26-19-37-34(39-27-10-8-23(9-11-27)25-6-4-14-36-18-25)40-32(26)41(33(30)42)20-28-31(44-21-38-28)24-12-15-35-16-13-24/h2-3,5,7-13,15-17,19,21,25,36H,4,6,14,18,20H2,1H3,(H,37,39,40). The van der Waals surface area contributed by atoms with Gasteiger partial charge in [0.05, 0.1) is 22.6 Å². The molecule has 5 heterocycles. The SMILES string of the molecule is Cc1ccccc1Oc1cc2cnc(Nc3ccc(C4CCCNC4)cc3)nc2n(Cc2ncsc2-c2ccncc2)c1=O. The van der Waals surface area contributed by atoms with Crippen molar-refractivity contribution in [3.05, 3.63) is 118 Å². The van der Waals surface area contributed by atoms with Gasteiger partial charge in [0.2, 0.25) is 5.95 Å². The highest BCUT2D eigenvalue weighted by Crippen LogP contribution is 2.30. The normalized spacial score (nSPS) is 14.9. The van der Waals surface area contributed by atoms with E-state index in [0.29, 0.717) is 28.6 Å². The third kappa shape index (κ3) is 5.82. The molecule has 220 valence electrons. The Bertz CT molecular complexity index is 1970. The molecule has 0 spiro atoms. The van der Waals surface area contributed by atoms with Crippen LogP contribution in [-0.2, 0) is 6.54 Å². The van der Waals surface area contributed by atoms with Crippen LogP contribution in [0, 0.1) is 6.92 Å². The van der Waals surface area contributed by atoms with E-state index in [1.165, 1.54) is 29.7 Å². The Morgan fingerprint density at radius 2 is 1.89 bits per heavy atom. The van der Waals surface area contributed by atoms with Crippen molar-refractivity contribution in [1.29, 1.82) is 0 Å². The number of nitrogens with zero attached hydrogens (tertiary/aromatic N) is 5. The zero-order valence-electron chi connectivity index (χ0n) is 24.2. The zero-order valence-corrected chi connectivity index (χ0v) is 25.1. The Balaban J connectivity index is 1.26. The number of hydrogen-bond donors (Lipinski definition) is 2. The number of thiazole rings is 1. The second-order valence-electron chi connectivity index (χ2n) is 10.9. The summed E-state index contributed by atoms with van der Waals surface area (Å²) in [7, 11) is 0. The van der Waals surface area contributed by atoms with Crippen molar-refractivity contribution in [1.82, 2.24) is 29.8 Å². The average Bonchev–Trinajstić information content (AvgIpc) is 3.54. The maximum atomic E-state index is 14.0. The summed E-state index contributed by atoms with van der Waals surface area (Å²) in [6.07, 6.45) is 7.61. The van der Waals surface area contributed by atoms with Crippen LogP contribution in [0.4, 0.5) is 11.6 Å². The Hall–Kier alpha value is -4.93. The number of rotatable bonds is 8. The van der Waals surface area contributed by atoms with E-state index in [9.17, 15) is 4.79 Å². The molecule has 10 heteroatoms. The van der Waals surface area contributed by atoms with Crippen molar-refractivity contribution < 1.29 is 4.74 Å². The smallest absolute Gasteiger partial charge is 0.295 e. The molecule has 2 N–H and O–H groups in total. The van der Waals surface area contributed by atoms with Gasteiger partial charge in [-0.25, -0.2) is 9.97 Å². The molecule has 7 rings (SSSR count). The number of nitrogens with one attached hydrogen (secondary N) is 2. The van der Waals surface area contributed by atoms with Crippen molar-refractivity contribution in [3.63, 3.8) is 0 Å². The van der Waals surface area contributed by atoms with E-state index in [2.05, 4.69) is 49.9 Å². The topological polar surface area (TPSA) is 107 Å². The fraction of sp³-hybridized carbons (Fsp3) is 0.206. The molecule has 0 amide bonds. The van der Waals surface area contributed by atoms with E-state index in [1.807, 2.05) is 43.3 Å². The molecule has 0 aliphatic carbocycles. The van der Waals surface area contributed by atoms with Gasteiger partial charge in [-0.1, -0.05) is 30.3 Å². The molecule has 4 aromatic heterocycles. The Morgan fingerprint density at radius 3 is 2.68 bits per heavy atom. The molecular weight excluding hydrogens is 570 g/mol. The van der Waals surface area contributed by atoms with Gasteiger partial charge < -0.3 is 15.4 Å². The van der Waals surface area contributed by atoms with E-state index < -0.39 is 0 Å². The number of aromatic nitrogens is 5. The minimum absolute atomic E-state index is 0.199. The highest BCUT2D eigenvalue weighted by molar-refractivity contribution is 7.13. The largest absolute Gasteiger partial charge is 0.451 e. The molecule has 1 atom stereocenters. The molecular formula is C34H31N7O2S. The third-order valence-corrected chi connectivity index (χ3v) is 8.85. The molecule has 0 bridgehead atoms. The summed E-state index contributed by atoms with van der Waals surface area (Å²) in [4.78, 5) is 33.2. The van der Waals surface area contributed by atoms with Gasteiger partial charge in [-0.3, -0.25) is 14.3 Å². The maximum absolute atomic E-state index is 14.0. The van der Waals surface area contributed by atoms with Crippen molar-refractivity contribution in [2.75, 3.05) is 18.4 Å². The highest BCUT2D eigenvalue weighted by atomic mass is 32.1. The Labute approximate surface area is 258 Å². The van der Waals surface area contributed by atoms with Crippen LogP contribution in [0.1, 0.15) is 35.6 Å². The Kier molecular flexibility index (Phi) is 7.83. The van der Waals surface area contributed by atoms with E-state index in [4.69, 9.17) is 9.72 Å². The monoisotopic (exact) mass is 601 g/mol. The summed E-state index contributed by atoms with van der Waals surface area (Å²) in [6, 6.07) is 21.7. The lowest BCUT2D eigenvalue weighted by molar-refractivity contribution is 0.461. The van der Waals surface area contributed by atoms with E-state index in [-0.39, 0.29) is 17.9 Å². The lowest BCUT2D eigenvalue weighted by Crippen LogP contribution is -2.28. The molecule has 44 heavy (non-hydrogen) atoms. The van der Waals surface area contributed by atoms with Gasteiger partial charge in [-0.15, -0.1) is 11.3 Å². The van der Waals surface area contributed by atoms with E-state index >= 15 is 0 Å². The zero-order chi connectivity index (χ0) is 29.9. The summed E-state index contributed by atoms with van der Waals surface area (Å²) >= 11 is 1.52. The van der Waals surface area contributed by atoms with Crippen LogP contribution in [0.3, 0.4) is 0 Å². The first kappa shape index (κ1) is 27.9. The number of fused-ring (bicyclic) bond motifs is 1. The predicted octanol–water partition coefficient (Wildman–Crippen LogP) is 6.67. The van der Waals surface area contributed by atoms with Gasteiger partial charge in [-0.2, -0.15) is 4.98 Å². The molecule has 1 aliphatic rings. The second kappa shape index (κ2) is 12.4. The Morgan fingerprint density at radius 1 is 1.05 bits per heavy atom. The minimum Gasteiger partial charge on any atom is -0.451 e. The van der Waals surface area contributed by atoms with Gasteiger partial charge >= 0.3 is 0 Å². The van der Waals surface area contributed by atoms with Crippen LogP contribution < -0.4 is 20.9 Å². The van der Waals surface area contributed by atoms with Crippen LogP contribution in [0.5, 0.6) is 11.5 Å². The van der Waals surface area contributed by atoms with Crippen LogP contribution in [0.25, 0.3) is 21.5 Å². The number of anilines is 2. The van der Waals surface area contributed by atoms with Gasteiger partial charge in [0.25, 0.3) is 5.56 Å². The maximum Gasteiger partial charge on any atom is 0.295 e. The van der Waals surface area contributed by atoms with Gasteiger partial charge in [-0.05, 0) is 85.3 Å². The van der Waals surface area contributed by atoms with Crippen molar-refractivity contribution >= 4 is 34.0 Å². The van der Waals surface area contributed by atoms with Crippen molar-refractivity contribution in [2.45, 2.75) is 32.2 Å². The van der Waals surface area contributed by atoms with Crippen LogP contribution in [-0.4, -0.2) is 37.6 Å². The summed E-state index contributed by atoms with van der Waals surface area (Å²) in [5.74, 6) is 1.75. The predicted molar refractivity (Wildman–Crippen MR) is 174 cm³/mol. The molecule has 1 aliphatic heterocycles. The lowest BCUT2D eigenvalue weighted by atomic mass is 9.92. The lowest BCUT2D eigenvalue weighted by Gasteiger charge is -2.23. The minimum atomic E-state index is -0.301. The molecule has 1 unspecified atom stereocenters. The molecule has 9 nitrogen and oxygen atoms in total. The molecule has 1 fully saturated rings. The average molecular weight is 602 g/mol. The quantitative estimate of drug-likeness (QED) is 0.199.